The molecule has 1 amide bonds. The summed E-state index contributed by atoms with van der Waals surface area (Å²) in [5.41, 5.74) is 0.767. The van der Waals surface area contributed by atoms with Gasteiger partial charge < -0.3 is 4.90 Å². The van der Waals surface area contributed by atoms with Crippen LogP contribution < -0.4 is 10.4 Å². The number of anilines is 1. The molecule has 13 heteroatoms. The van der Waals surface area contributed by atoms with E-state index in [1.54, 1.807) is 4.90 Å². The zero-order chi connectivity index (χ0) is 23.7. The number of halogens is 3. The van der Waals surface area contributed by atoms with Crippen LogP contribution in [0.4, 0.5) is 24.5 Å². The number of hydrogen-bond acceptors (Lipinski definition) is 6. The van der Waals surface area contributed by atoms with Crippen molar-refractivity contribution in [2.75, 3.05) is 38.1 Å². The molecule has 0 bridgehead atoms. The molecule has 9 nitrogen and oxygen atoms in total. The molecule has 0 radical (unpaired) electrons. The highest BCUT2D eigenvalue weighted by Gasteiger charge is 2.39. The summed E-state index contributed by atoms with van der Waals surface area (Å²) in [7, 11) is -3.18. The number of nitrogens with zero attached hydrogens (tertiary/aromatic N) is 3. The molecule has 1 saturated heterocycles. The highest BCUT2D eigenvalue weighted by Crippen LogP contribution is 2.35. The average Bonchev–Trinajstić information content (AvgIpc) is 2.77. The molecular weight excluding hydrogens is 453 g/mol. The lowest BCUT2D eigenvalue weighted by atomic mass is 10.1. The summed E-state index contributed by atoms with van der Waals surface area (Å²) in [6.07, 6.45) is -4.82. The number of nitroso groups, excluding NO2 is 1. The van der Waals surface area contributed by atoms with Gasteiger partial charge in [-0.05, 0) is 18.2 Å². The van der Waals surface area contributed by atoms with E-state index in [4.69, 9.17) is 5.21 Å². The second-order valence-corrected chi connectivity index (χ2v) is 8.93. The summed E-state index contributed by atoms with van der Waals surface area (Å²) >= 11 is 0. The largest absolute Gasteiger partial charge is 0.417 e. The summed E-state index contributed by atoms with van der Waals surface area (Å²) in [6, 6.07) is 8.21. The van der Waals surface area contributed by atoms with Gasteiger partial charge in [0.15, 0.2) is 7.05 Å². The van der Waals surface area contributed by atoms with Crippen LogP contribution in [0.5, 0.6) is 0 Å². The quantitative estimate of drug-likeness (QED) is 0.392. The summed E-state index contributed by atoms with van der Waals surface area (Å²) in [5, 5.41) is 9.02. The van der Waals surface area contributed by atoms with Gasteiger partial charge in [-0.1, -0.05) is 12.1 Å². The van der Waals surface area contributed by atoms with E-state index in [2.05, 4.69) is 0 Å². The third-order valence-corrected chi connectivity index (χ3v) is 7.04. The Kier molecular flexibility index (Phi) is 6.53. The van der Waals surface area contributed by atoms with E-state index < -0.39 is 32.6 Å². The third-order valence-electron chi connectivity index (χ3n) is 5.08. The minimum atomic E-state index is -4.82. The van der Waals surface area contributed by atoms with Gasteiger partial charge in [-0.15, -0.1) is 0 Å². The van der Waals surface area contributed by atoms with Crippen LogP contribution in [-0.2, 0) is 16.2 Å². The molecule has 1 fully saturated rings. The van der Waals surface area contributed by atoms with Crippen LogP contribution >= 0.6 is 0 Å². The van der Waals surface area contributed by atoms with Gasteiger partial charge >= 0.3 is 6.18 Å². The summed E-state index contributed by atoms with van der Waals surface area (Å²) in [5.74, 6) is -0.863. The molecule has 0 saturated carbocycles. The van der Waals surface area contributed by atoms with Crippen molar-refractivity contribution in [1.29, 1.82) is 0 Å². The first-order valence-electron chi connectivity index (χ1n) is 9.37. The number of rotatable bonds is 5. The second-order valence-electron chi connectivity index (χ2n) is 7.02. The van der Waals surface area contributed by atoms with Crippen molar-refractivity contribution in [2.45, 2.75) is 11.1 Å². The van der Waals surface area contributed by atoms with Gasteiger partial charge in [-0.2, -0.15) is 17.5 Å². The molecule has 0 aromatic heterocycles. The smallest absolute Gasteiger partial charge is 0.368 e. The molecule has 172 valence electrons. The van der Waals surface area contributed by atoms with Crippen LogP contribution in [0.25, 0.3) is 0 Å². The lowest BCUT2D eigenvalue weighted by Gasteiger charge is -2.36. The minimum Gasteiger partial charge on any atom is -0.368 e. The fourth-order valence-electron chi connectivity index (χ4n) is 3.47. The first-order chi connectivity index (χ1) is 15.0. The van der Waals surface area contributed by atoms with E-state index in [1.165, 1.54) is 36.8 Å². The lowest BCUT2D eigenvalue weighted by molar-refractivity contribution is -0.428. The zero-order valence-electron chi connectivity index (χ0n) is 16.8. The number of sulfonamides is 1. The first kappa shape index (κ1) is 23.6. The van der Waals surface area contributed by atoms with Gasteiger partial charge in [-0.25, -0.2) is 13.9 Å². The van der Waals surface area contributed by atoms with Gasteiger partial charge in [0.05, 0.1) is 21.7 Å². The molecule has 3 rings (SSSR count). The zero-order valence-corrected chi connectivity index (χ0v) is 17.7. The molecule has 2 aromatic carbocycles. The predicted molar refractivity (Wildman–Crippen MR) is 107 cm³/mol. The van der Waals surface area contributed by atoms with Crippen molar-refractivity contribution in [3.05, 3.63) is 58.5 Å². The molecule has 2 N–H and O–H groups in total. The van der Waals surface area contributed by atoms with Crippen molar-refractivity contribution in [1.82, 2.24) is 9.79 Å². The highest BCUT2D eigenvalue weighted by molar-refractivity contribution is 7.89. The number of piperazine rings is 1. The van der Waals surface area contributed by atoms with E-state index in [1.807, 2.05) is 0 Å². The Morgan fingerprint density at radius 2 is 1.72 bits per heavy atom. The fraction of sp³-hybridized carbons (Fsp3) is 0.316. The van der Waals surface area contributed by atoms with Gasteiger partial charge in [0.25, 0.3) is 11.6 Å². The maximum atomic E-state index is 13.3. The summed E-state index contributed by atoms with van der Waals surface area (Å²) < 4.78 is 67.2. The molecule has 1 aliphatic heterocycles. The molecule has 0 unspecified atom stereocenters. The van der Waals surface area contributed by atoms with Crippen LogP contribution in [0.1, 0.15) is 15.9 Å². The Morgan fingerprint density at radius 3 is 2.28 bits per heavy atom. The van der Waals surface area contributed by atoms with Gasteiger partial charge in [0.2, 0.25) is 10.0 Å². The average molecular weight is 473 g/mol. The van der Waals surface area contributed by atoms with Crippen LogP contribution in [0.3, 0.4) is 0 Å². The molecule has 32 heavy (non-hydrogen) atoms. The van der Waals surface area contributed by atoms with Gasteiger partial charge in [0.1, 0.15) is 0 Å². The standard InChI is InChI=1S/C19H19F3N4O5S/c1-24(29)13-6-7-16(14(12-13)18(27)23-28)25-8-10-26(11-9-25)32(30,31)17-5-3-2-4-15(17)19(20,21)22/h2-7,12H,8-11H2,1H3,(H-,23,27,28)/p+1. The van der Waals surface area contributed by atoms with Crippen LogP contribution in [0, 0.1) is 4.91 Å². The maximum Gasteiger partial charge on any atom is 0.417 e. The fourth-order valence-corrected chi connectivity index (χ4v) is 5.11. The van der Waals surface area contributed by atoms with Crippen molar-refractivity contribution in [2.24, 2.45) is 0 Å². The van der Waals surface area contributed by atoms with Crippen LogP contribution in [-0.4, -0.2) is 61.8 Å². The van der Waals surface area contributed by atoms with E-state index in [-0.39, 0.29) is 37.4 Å². The Bertz CT molecular complexity index is 1150. The van der Waals surface area contributed by atoms with Crippen LogP contribution in [0.2, 0.25) is 0 Å². The maximum absolute atomic E-state index is 13.3. The lowest BCUT2D eigenvalue weighted by Crippen LogP contribution is -2.49. The molecule has 0 spiro atoms. The van der Waals surface area contributed by atoms with Crippen molar-refractivity contribution >= 4 is 27.3 Å². The van der Waals surface area contributed by atoms with Crippen molar-refractivity contribution < 1.29 is 36.4 Å². The molecule has 1 aliphatic rings. The molecule has 0 aliphatic carbocycles. The van der Waals surface area contributed by atoms with Crippen molar-refractivity contribution in [3.63, 3.8) is 0 Å². The molecular formula is C19H20F3N4O5S+. The van der Waals surface area contributed by atoms with Gasteiger partial charge in [-0.3, -0.25) is 10.0 Å². The minimum absolute atomic E-state index is 0.00794. The Balaban J connectivity index is 1.86. The first-order valence-corrected chi connectivity index (χ1v) is 10.8. The molecule has 0 atom stereocenters. The normalized spacial score (nSPS) is 15.5. The highest BCUT2D eigenvalue weighted by atomic mass is 32.2. The van der Waals surface area contributed by atoms with E-state index in [9.17, 15) is 31.3 Å². The monoisotopic (exact) mass is 473 g/mol. The Hall–Kier alpha value is -3.03. The van der Waals surface area contributed by atoms with Gasteiger partial charge in [0, 0.05) is 48.0 Å². The Labute approximate surface area is 181 Å². The summed E-state index contributed by atoms with van der Waals surface area (Å²) in [4.78, 5) is 24.4. The number of alkyl halides is 3. The number of benzene rings is 2. The SMILES string of the molecule is C[N+](=O)c1ccc(N2CCN(S(=O)(=O)c3ccccc3C(F)(F)F)CC2)c(C(=O)NO)c1. The third kappa shape index (κ3) is 4.59. The second kappa shape index (κ2) is 8.84. The molecule has 1 heterocycles. The number of nitrogens with one attached hydrogen (secondary N) is 1. The number of carbonyl (C=O) groups is 1. The predicted octanol–water partition coefficient (Wildman–Crippen LogP) is 2.38. The number of amides is 1. The Morgan fingerprint density at radius 1 is 1.09 bits per heavy atom. The summed E-state index contributed by atoms with van der Waals surface area (Å²) in [6.45, 7) is -0.104. The van der Waals surface area contributed by atoms with E-state index in [0.717, 1.165) is 22.5 Å². The number of hydroxylamine groups is 1. The number of carbonyl (C=O) groups excluding carboxylic acids is 1. The molecule has 2 aromatic rings. The van der Waals surface area contributed by atoms with E-state index >= 15 is 0 Å². The topological polar surface area (TPSA) is 110 Å². The number of hydrogen-bond donors (Lipinski definition) is 2. The van der Waals surface area contributed by atoms with E-state index in [0.29, 0.717) is 10.4 Å². The van der Waals surface area contributed by atoms with Crippen molar-refractivity contribution in [3.8, 4) is 0 Å². The van der Waals surface area contributed by atoms with Crippen LogP contribution in [0.15, 0.2) is 47.4 Å².